The zero-order valence-corrected chi connectivity index (χ0v) is 13.1. The molecule has 0 heterocycles. The third-order valence-corrected chi connectivity index (χ3v) is 3.84. The summed E-state index contributed by atoms with van der Waals surface area (Å²) in [4.78, 5) is 0. The molecule has 0 saturated heterocycles. The molecule has 0 aliphatic carbocycles. The zero-order valence-electron chi connectivity index (χ0n) is 13.1. The Kier molecular flexibility index (Phi) is 3.67. The maximum Gasteiger partial charge on any atom is 0.161 e. The fraction of sp³-hybridized carbons (Fsp3) is 0.222. The minimum absolute atomic E-state index is 0.682. The number of ether oxygens (including phenoxy) is 4. The Morgan fingerprint density at radius 2 is 1.18 bits per heavy atom. The largest absolute Gasteiger partial charge is 0.497 e. The third kappa shape index (κ3) is 2.17. The van der Waals surface area contributed by atoms with Crippen molar-refractivity contribution in [2.75, 3.05) is 28.4 Å². The molecule has 0 N–H and O–H groups in total. The summed E-state index contributed by atoms with van der Waals surface area (Å²) in [5.74, 6) is 2.98. The standard InChI is InChI=1S/C18H18O4/c1-19-12-5-6-13-11(7-12)8-16(20-2)15-10-18(22-4)17(21-3)9-14(13)15/h5-10H,1-4H3. The molecule has 0 unspecified atom stereocenters. The van der Waals surface area contributed by atoms with Gasteiger partial charge in [0.2, 0.25) is 0 Å². The summed E-state index contributed by atoms with van der Waals surface area (Å²) in [6.07, 6.45) is 0. The first-order valence-corrected chi connectivity index (χ1v) is 6.92. The summed E-state index contributed by atoms with van der Waals surface area (Å²) in [6.45, 7) is 0. The van der Waals surface area contributed by atoms with Crippen LogP contribution in [0.2, 0.25) is 0 Å². The molecule has 4 heteroatoms. The van der Waals surface area contributed by atoms with Crippen LogP contribution in [0.25, 0.3) is 21.5 Å². The average molecular weight is 298 g/mol. The molecule has 0 aromatic heterocycles. The second-order valence-corrected chi connectivity index (χ2v) is 4.92. The number of rotatable bonds is 4. The maximum absolute atomic E-state index is 5.54. The lowest BCUT2D eigenvalue weighted by atomic mass is 10.00. The van der Waals surface area contributed by atoms with Gasteiger partial charge in [-0.3, -0.25) is 0 Å². The molecular formula is C18H18O4. The molecule has 0 saturated carbocycles. The first kappa shape index (κ1) is 14.3. The Balaban J connectivity index is 2.43. The van der Waals surface area contributed by atoms with Gasteiger partial charge >= 0.3 is 0 Å². The van der Waals surface area contributed by atoms with Gasteiger partial charge in [0.1, 0.15) is 11.5 Å². The van der Waals surface area contributed by atoms with Gasteiger partial charge in [-0.25, -0.2) is 0 Å². The van der Waals surface area contributed by atoms with Gasteiger partial charge in [0.05, 0.1) is 28.4 Å². The van der Waals surface area contributed by atoms with E-state index in [0.29, 0.717) is 11.5 Å². The molecule has 0 aliphatic rings. The van der Waals surface area contributed by atoms with Gasteiger partial charge in [0, 0.05) is 5.39 Å². The molecule has 0 amide bonds. The quantitative estimate of drug-likeness (QED) is 0.682. The van der Waals surface area contributed by atoms with Crippen molar-refractivity contribution >= 4 is 21.5 Å². The van der Waals surface area contributed by atoms with Crippen LogP contribution in [0.3, 0.4) is 0 Å². The molecule has 0 atom stereocenters. The molecule has 3 aromatic carbocycles. The van der Waals surface area contributed by atoms with E-state index in [4.69, 9.17) is 18.9 Å². The molecular weight excluding hydrogens is 280 g/mol. The molecule has 0 spiro atoms. The van der Waals surface area contributed by atoms with E-state index >= 15 is 0 Å². The molecule has 0 fully saturated rings. The lowest BCUT2D eigenvalue weighted by molar-refractivity contribution is 0.355. The van der Waals surface area contributed by atoms with Crippen LogP contribution in [0.15, 0.2) is 36.4 Å². The highest BCUT2D eigenvalue weighted by molar-refractivity contribution is 6.11. The minimum atomic E-state index is 0.682. The van der Waals surface area contributed by atoms with Crippen LogP contribution >= 0.6 is 0 Å². The first-order chi connectivity index (χ1) is 10.7. The van der Waals surface area contributed by atoms with Gasteiger partial charge in [0.25, 0.3) is 0 Å². The van der Waals surface area contributed by atoms with Gasteiger partial charge in [0.15, 0.2) is 11.5 Å². The van der Waals surface area contributed by atoms with Crippen LogP contribution in [0.5, 0.6) is 23.0 Å². The average Bonchev–Trinajstić information content (AvgIpc) is 2.58. The Bertz CT molecular complexity index is 839. The number of benzene rings is 3. The lowest BCUT2D eigenvalue weighted by Gasteiger charge is -2.14. The predicted molar refractivity (Wildman–Crippen MR) is 87.7 cm³/mol. The normalized spacial score (nSPS) is 10.7. The molecule has 3 rings (SSSR count). The van der Waals surface area contributed by atoms with Crippen molar-refractivity contribution < 1.29 is 18.9 Å². The van der Waals surface area contributed by atoms with Crippen LogP contribution in [-0.4, -0.2) is 28.4 Å². The monoisotopic (exact) mass is 298 g/mol. The number of hydrogen-bond acceptors (Lipinski definition) is 4. The van der Waals surface area contributed by atoms with Crippen LogP contribution in [0.4, 0.5) is 0 Å². The smallest absolute Gasteiger partial charge is 0.161 e. The summed E-state index contributed by atoms with van der Waals surface area (Å²) in [5, 5.41) is 4.20. The van der Waals surface area contributed by atoms with E-state index in [-0.39, 0.29) is 0 Å². The van der Waals surface area contributed by atoms with Gasteiger partial charge in [-0.2, -0.15) is 0 Å². The molecule has 114 valence electrons. The van der Waals surface area contributed by atoms with E-state index < -0.39 is 0 Å². The van der Waals surface area contributed by atoms with Crippen LogP contribution < -0.4 is 18.9 Å². The van der Waals surface area contributed by atoms with Crippen LogP contribution in [0, 0.1) is 0 Å². The predicted octanol–water partition coefficient (Wildman–Crippen LogP) is 4.03. The Labute approximate surface area is 129 Å². The van der Waals surface area contributed by atoms with Gasteiger partial charge in [-0.1, -0.05) is 6.07 Å². The maximum atomic E-state index is 5.54. The molecule has 0 aliphatic heterocycles. The number of methoxy groups -OCH3 is 4. The highest BCUT2D eigenvalue weighted by atomic mass is 16.5. The van der Waals surface area contributed by atoms with Crippen LogP contribution in [0.1, 0.15) is 0 Å². The van der Waals surface area contributed by atoms with Crippen molar-refractivity contribution in [3.8, 4) is 23.0 Å². The summed E-state index contributed by atoms with van der Waals surface area (Å²) < 4.78 is 21.7. The highest BCUT2D eigenvalue weighted by Gasteiger charge is 2.13. The SMILES string of the molecule is COc1ccc2c(c1)cc(OC)c1cc(OC)c(OC)cc12. The number of hydrogen-bond donors (Lipinski definition) is 0. The Morgan fingerprint density at radius 1 is 0.545 bits per heavy atom. The van der Waals surface area contributed by atoms with Gasteiger partial charge < -0.3 is 18.9 Å². The molecule has 0 bridgehead atoms. The minimum Gasteiger partial charge on any atom is -0.497 e. The van der Waals surface area contributed by atoms with Gasteiger partial charge in [-0.05, 0) is 46.5 Å². The molecule has 0 radical (unpaired) electrons. The van der Waals surface area contributed by atoms with E-state index in [2.05, 4.69) is 0 Å². The fourth-order valence-electron chi connectivity index (χ4n) is 2.73. The molecule has 22 heavy (non-hydrogen) atoms. The number of fused-ring (bicyclic) bond motifs is 3. The zero-order chi connectivity index (χ0) is 15.7. The van der Waals surface area contributed by atoms with E-state index in [1.807, 2.05) is 36.4 Å². The summed E-state index contributed by atoms with van der Waals surface area (Å²) in [6, 6.07) is 11.9. The second kappa shape index (κ2) is 5.64. The van der Waals surface area contributed by atoms with Crippen molar-refractivity contribution in [1.29, 1.82) is 0 Å². The summed E-state index contributed by atoms with van der Waals surface area (Å²) in [5.41, 5.74) is 0. The van der Waals surface area contributed by atoms with Crippen molar-refractivity contribution in [2.24, 2.45) is 0 Å². The first-order valence-electron chi connectivity index (χ1n) is 6.92. The van der Waals surface area contributed by atoms with E-state index in [0.717, 1.165) is 33.0 Å². The summed E-state index contributed by atoms with van der Waals surface area (Å²) >= 11 is 0. The Hall–Kier alpha value is -2.62. The topological polar surface area (TPSA) is 36.9 Å². The summed E-state index contributed by atoms with van der Waals surface area (Å²) in [7, 11) is 6.59. The van der Waals surface area contributed by atoms with E-state index in [1.165, 1.54) is 0 Å². The lowest BCUT2D eigenvalue weighted by Crippen LogP contribution is -1.93. The van der Waals surface area contributed by atoms with Crippen LogP contribution in [-0.2, 0) is 0 Å². The third-order valence-electron chi connectivity index (χ3n) is 3.84. The van der Waals surface area contributed by atoms with E-state index in [9.17, 15) is 0 Å². The van der Waals surface area contributed by atoms with Crippen molar-refractivity contribution in [3.63, 3.8) is 0 Å². The van der Waals surface area contributed by atoms with Crippen molar-refractivity contribution in [1.82, 2.24) is 0 Å². The molecule has 3 aromatic rings. The van der Waals surface area contributed by atoms with E-state index in [1.54, 1.807) is 28.4 Å². The van der Waals surface area contributed by atoms with Gasteiger partial charge in [-0.15, -0.1) is 0 Å². The second-order valence-electron chi connectivity index (χ2n) is 4.92. The van der Waals surface area contributed by atoms with Crippen molar-refractivity contribution in [3.05, 3.63) is 36.4 Å². The highest BCUT2D eigenvalue weighted by Crippen LogP contribution is 2.41. The fourth-order valence-corrected chi connectivity index (χ4v) is 2.73. The van der Waals surface area contributed by atoms with Crippen molar-refractivity contribution in [2.45, 2.75) is 0 Å². The molecule has 4 nitrogen and oxygen atoms in total. The Morgan fingerprint density at radius 3 is 1.77 bits per heavy atom.